The third kappa shape index (κ3) is 3.76. The molecule has 0 bridgehead atoms. The standard InChI is InChI=1S/C18H13ClN6OS/c19-14-9-5-4-8-13(14)16-22-18(24-23-16)27-17(25-11-20-10-21-25)15(26)12-6-2-1-3-7-12/h1-11,17H,(H,22,23,24)/t17-/m1/s1. The van der Waals surface area contributed by atoms with Crippen molar-refractivity contribution in [2.45, 2.75) is 10.5 Å². The molecule has 2 heterocycles. The zero-order valence-corrected chi connectivity index (χ0v) is 15.4. The molecule has 0 spiro atoms. The van der Waals surface area contributed by atoms with Crippen molar-refractivity contribution < 1.29 is 4.79 Å². The molecule has 9 heteroatoms. The van der Waals surface area contributed by atoms with Crippen LogP contribution in [0.4, 0.5) is 0 Å². The van der Waals surface area contributed by atoms with E-state index in [-0.39, 0.29) is 5.78 Å². The number of Topliss-reactive ketones (excluding diaryl/α,β-unsaturated/α-hetero) is 1. The van der Waals surface area contributed by atoms with Crippen LogP contribution in [0.25, 0.3) is 11.4 Å². The minimum atomic E-state index is -0.676. The highest BCUT2D eigenvalue weighted by Gasteiger charge is 2.26. The summed E-state index contributed by atoms with van der Waals surface area (Å²) in [6.45, 7) is 0. The maximum atomic E-state index is 13.0. The van der Waals surface area contributed by atoms with E-state index in [9.17, 15) is 4.79 Å². The maximum absolute atomic E-state index is 13.0. The van der Waals surface area contributed by atoms with Gasteiger partial charge in [-0.05, 0) is 23.9 Å². The average molecular weight is 397 g/mol. The topological polar surface area (TPSA) is 89.4 Å². The van der Waals surface area contributed by atoms with Crippen LogP contribution in [0.3, 0.4) is 0 Å². The molecule has 2 aromatic heterocycles. The minimum absolute atomic E-state index is 0.116. The van der Waals surface area contributed by atoms with E-state index in [1.54, 1.807) is 18.2 Å². The number of aromatic amines is 1. The van der Waals surface area contributed by atoms with Crippen molar-refractivity contribution in [3.05, 3.63) is 77.8 Å². The van der Waals surface area contributed by atoms with Crippen molar-refractivity contribution in [1.29, 1.82) is 0 Å². The van der Waals surface area contributed by atoms with Gasteiger partial charge in [-0.25, -0.2) is 14.6 Å². The molecule has 0 aliphatic carbocycles. The van der Waals surface area contributed by atoms with E-state index in [2.05, 4.69) is 25.3 Å². The molecule has 1 atom stereocenters. The fourth-order valence-corrected chi connectivity index (χ4v) is 3.61. The SMILES string of the molecule is O=C(c1ccccc1)[C@@H](Sc1n[nH]c(-c2ccccc2Cl)n1)n1cncn1. The molecule has 2 aromatic carbocycles. The molecule has 7 nitrogen and oxygen atoms in total. The number of carbonyl (C=O) groups is 1. The number of hydrogen-bond donors (Lipinski definition) is 1. The Morgan fingerprint density at radius 3 is 2.63 bits per heavy atom. The summed E-state index contributed by atoms with van der Waals surface area (Å²) in [6, 6.07) is 16.4. The number of ketones is 1. The Labute approximate surface area is 163 Å². The second-order valence-electron chi connectivity index (χ2n) is 5.52. The smallest absolute Gasteiger partial charge is 0.211 e. The lowest BCUT2D eigenvalue weighted by molar-refractivity contribution is 0.0962. The fourth-order valence-electron chi connectivity index (χ4n) is 2.48. The number of nitrogens with zero attached hydrogens (tertiary/aromatic N) is 5. The number of carbonyl (C=O) groups excluding carboxylic acids is 1. The second-order valence-corrected chi connectivity index (χ2v) is 6.98. The lowest BCUT2D eigenvalue weighted by Crippen LogP contribution is -2.17. The van der Waals surface area contributed by atoms with Gasteiger partial charge in [0.25, 0.3) is 0 Å². The van der Waals surface area contributed by atoms with Gasteiger partial charge in [-0.3, -0.25) is 9.89 Å². The second kappa shape index (κ2) is 7.73. The molecule has 1 N–H and O–H groups in total. The van der Waals surface area contributed by atoms with Crippen LogP contribution in [0.15, 0.2) is 72.4 Å². The van der Waals surface area contributed by atoms with Crippen LogP contribution in [0, 0.1) is 0 Å². The predicted molar refractivity (Wildman–Crippen MR) is 103 cm³/mol. The summed E-state index contributed by atoms with van der Waals surface area (Å²) >= 11 is 7.40. The van der Waals surface area contributed by atoms with Crippen LogP contribution in [0.5, 0.6) is 0 Å². The zero-order chi connectivity index (χ0) is 18.6. The Kier molecular flexibility index (Phi) is 4.99. The van der Waals surface area contributed by atoms with Crippen molar-refractivity contribution in [3.63, 3.8) is 0 Å². The van der Waals surface area contributed by atoms with Crippen molar-refractivity contribution in [2.24, 2.45) is 0 Å². The average Bonchev–Trinajstić information content (AvgIpc) is 3.39. The molecule has 0 saturated heterocycles. The molecule has 0 saturated carbocycles. The Bertz CT molecular complexity index is 1050. The Morgan fingerprint density at radius 2 is 1.89 bits per heavy atom. The van der Waals surface area contributed by atoms with E-state index >= 15 is 0 Å². The predicted octanol–water partition coefficient (Wildman–Crippen LogP) is 3.89. The first-order valence-corrected chi connectivity index (χ1v) is 9.25. The van der Waals surface area contributed by atoms with E-state index in [0.29, 0.717) is 21.6 Å². The van der Waals surface area contributed by atoms with Crippen LogP contribution in [0.1, 0.15) is 15.7 Å². The number of H-pyrrole nitrogens is 1. The summed E-state index contributed by atoms with van der Waals surface area (Å²) in [6.07, 6.45) is 2.89. The summed E-state index contributed by atoms with van der Waals surface area (Å²) < 4.78 is 1.49. The number of rotatable bonds is 6. The summed E-state index contributed by atoms with van der Waals surface area (Å²) in [5, 5.41) is 11.5. The van der Waals surface area contributed by atoms with Gasteiger partial charge < -0.3 is 0 Å². The monoisotopic (exact) mass is 396 g/mol. The van der Waals surface area contributed by atoms with Gasteiger partial charge in [0, 0.05) is 11.1 Å². The number of nitrogens with one attached hydrogen (secondary N) is 1. The van der Waals surface area contributed by atoms with Gasteiger partial charge in [0.05, 0.1) is 5.02 Å². The van der Waals surface area contributed by atoms with Gasteiger partial charge >= 0.3 is 0 Å². The highest BCUT2D eigenvalue weighted by atomic mass is 35.5. The molecule has 0 aliphatic heterocycles. The minimum Gasteiger partial charge on any atom is -0.291 e. The first kappa shape index (κ1) is 17.4. The largest absolute Gasteiger partial charge is 0.291 e. The van der Waals surface area contributed by atoms with Crippen molar-refractivity contribution >= 4 is 29.1 Å². The van der Waals surface area contributed by atoms with Crippen LogP contribution in [-0.4, -0.2) is 35.7 Å². The number of aromatic nitrogens is 6. The quantitative estimate of drug-likeness (QED) is 0.393. The normalized spacial score (nSPS) is 12.0. The van der Waals surface area contributed by atoms with Gasteiger partial charge in [0.1, 0.15) is 12.7 Å². The van der Waals surface area contributed by atoms with E-state index in [1.807, 2.05) is 36.4 Å². The Balaban J connectivity index is 1.63. The lowest BCUT2D eigenvalue weighted by atomic mass is 10.1. The van der Waals surface area contributed by atoms with Crippen molar-refractivity contribution in [1.82, 2.24) is 29.9 Å². The van der Waals surface area contributed by atoms with Crippen molar-refractivity contribution in [3.8, 4) is 11.4 Å². The van der Waals surface area contributed by atoms with Crippen LogP contribution in [-0.2, 0) is 0 Å². The molecular weight excluding hydrogens is 384 g/mol. The molecular formula is C18H13ClN6OS. The summed E-state index contributed by atoms with van der Waals surface area (Å²) in [4.78, 5) is 21.4. The molecule has 0 aliphatic rings. The third-order valence-electron chi connectivity index (χ3n) is 3.77. The van der Waals surface area contributed by atoms with E-state index in [4.69, 9.17) is 11.6 Å². The van der Waals surface area contributed by atoms with Gasteiger partial charge in [-0.1, -0.05) is 54.1 Å². The highest BCUT2D eigenvalue weighted by molar-refractivity contribution is 7.99. The molecule has 134 valence electrons. The van der Waals surface area contributed by atoms with Gasteiger partial charge in [0.2, 0.25) is 5.16 Å². The number of hydrogen-bond acceptors (Lipinski definition) is 6. The summed E-state index contributed by atoms with van der Waals surface area (Å²) in [7, 11) is 0. The lowest BCUT2D eigenvalue weighted by Gasteiger charge is -2.13. The van der Waals surface area contributed by atoms with E-state index < -0.39 is 5.37 Å². The number of halogens is 1. The van der Waals surface area contributed by atoms with Gasteiger partial charge in [-0.2, -0.15) is 5.10 Å². The first-order valence-electron chi connectivity index (χ1n) is 8.00. The maximum Gasteiger partial charge on any atom is 0.211 e. The number of benzene rings is 2. The molecule has 0 amide bonds. The zero-order valence-electron chi connectivity index (χ0n) is 13.9. The van der Waals surface area contributed by atoms with E-state index in [1.165, 1.54) is 29.1 Å². The summed E-state index contributed by atoms with van der Waals surface area (Å²) in [5.41, 5.74) is 1.32. The van der Waals surface area contributed by atoms with Crippen LogP contribution in [0.2, 0.25) is 5.02 Å². The van der Waals surface area contributed by atoms with Crippen LogP contribution >= 0.6 is 23.4 Å². The molecule has 4 rings (SSSR count). The van der Waals surface area contributed by atoms with Crippen LogP contribution < -0.4 is 0 Å². The van der Waals surface area contributed by atoms with E-state index in [0.717, 1.165) is 5.56 Å². The molecule has 0 radical (unpaired) electrons. The number of thioether (sulfide) groups is 1. The third-order valence-corrected chi connectivity index (χ3v) is 5.15. The Morgan fingerprint density at radius 1 is 1.11 bits per heavy atom. The summed E-state index contributed by atoms with van der Waals surface area (Å²) in [5.74, 6) is 0.419. The highest BCUT2D eigenvalue weighted by Crippen LogP contribution is 2.33. The molecule has 0 unspecified atom stereocenters. The molecule has 27 heavy (non-hydrogen) atoms. The fraction of sp³-hybridized carbons (Fsp3) is 0.0556. The van der Waals surface area contributed by atoms with Crippen molar-refractivity contribution in [2.75, 3.05) is 0 Å². The molecule has 0 fully saturated rings. The Hall–Kier alpha value is -2.97. The first-order chi connectivity index (χ1) is 13.2. The van der Waals surface area contributed by atoms with Gasteiger partial charge in [-0.15, -0.1) is 5.10 Å². The molecule has 4 aromatic rings. The van der Waals surface area contributed by atoms with Gasteiger partial charge in [0.15, 0.2) is 17.0 Å².